The molecule has 0 saturated carbocycles. The number of likely N-dealkylation sites (tertiary alicyclic amines) is 1. The van der Waals surface area contributed by atoms with E-state index in [1.165, 1.54) is 0 Å². The first kappa shape index (κ1) is 16.8. The van der Waals surface area contributed by atoms with Gasteiger partial charge in [-0.3, -0.25) is 9.59 Å². The molecule has 1 saturated heterocycles. The second-order valence-corrected chi connectivity index (χ2v) is 6.55. The lowest BCUT2D eigenvalue weighted by atomic mass is 9.95. The molecule has 2 amide bonds. The fourth-order valence-electron chi connectivity index (χ4n) is 2.83. The fourth-order valence-corrected chi connectivity index (χ4v) is 2.96. The Hall–Kier alpha value is -1.55. The molecule has 1 aliphatic rings. The van der Waals surface area contributed by atoms with E-state index < -0.39 is 0 Å². The van der Waals surface area contributed by atoms with Gasteiger partial charge in [0.2, 0.25) is 11.8 Å². The molecule has 5 heteroatoms. The molecule has 1 aliphatic heterocycles. The van der Waals surface area contributed by atoms with Crippen molar-refractivity contribution in [1.29, 1.82) is 0 Å². The van der Waals surface area contributed by atoms with Crippen molar-refractivity contribution in [3.63, 3.8) is 0 Å². The summed E-state index contributed by atoms with van der Waals surface area (Å²) in [5, 5.41) is 3.78. The SMILES string of the molecule is CCN1C[C@@H](C(=O)N[C@H](c2ccc(Cl)cc2)C(C)C)CC1=O. The first-order valence-electron chi connectivity index (χ1n) is 7.76. The summed E-state index contributed by atoms with van der Waals surface area (Å²) < 4.78 is 0. The van der Waals surface area contributed by atoms with Gasteiger partial charge in [0.1, 0.15) is 0 Å². The number of hydrogen-bond acceptors (Lipinski definition) is 2. The van der Waals surface area contributed by atoms with Crippen LogP contribution in [-0.2, 0) is 9.59 Å². The van der Waals surface area contributed by atoms with Gasteiger partial charge in [0.15, 0.2) is 0 Å². The van der Waals surface area contributed by atoms with Crippen LogP contribution in [-0.4, -0.2) is 29.8 Å². The van der Waals surface area contributed by atoms with Crippen molar-refractivity contribution < 1.29 is 9.59 Å². The predicted octanol–water partition coefficient (Wildman–Crippen LogP) is 3.02. The molecule has 1 N–H and O–H groups in total. The molecular weight excluding hydrogens is 300 g/mol. The van der Waals surface area contributed by atoms with E-state index in [0.29, 0.717) is 24.5 Å². The van der Waals surface area contributed by atoms with Crippen LogP contribution in [0.25, 0.3) is 0 Å². The lowest BCUT2D eigenvalue weighted by Crippen LogP contribution is -2.37. The quantitative estimate of drug-likeness (QED) is 0.906. The van der Waals surface area contributed by atoms with E-state index in [-0.39, 0.29) is 29.7 Å². The molecule has 120 valence electrons. The fraction of sp³-hybridized carbons (Fsp3) is 0.529. The summed E-state index contributed by atoms with van der Waals surface area (Å²) in [6, 6.07) is 7.46. The predicted molar refractivity (Wildman–Crippen MR) is 87.5 cm³/mol. The topological polar surface area (TPSA) is 49.4 Å². The van der Waals surface area contributed by atoms with Crippen molar-refractivity contribution in [2.75, 3.05) is 13.1 Å². The molecule has 0 radical (unpaired) electrons. The summed E-state index contributed by atoms with van der Waals surface area (Å²) in [5.41, 5.74) is 1.03. The van der Waals surface area contributed by atoms with Crippen LogP contribution < -0.4 is 5.32 Å². The molecule has 0 bridgehead atoms. The summed E-state index contributed by atoms with van der Waals surface area (Å²) in [4.78, 5) is 26.0. The average molecular weight is 323 g/mol. The smallest absolute Gasteiger partial charge is 0.225 e. The van der Waals surface area contributed by atoms with Gasteiger partial charge in [-0.05, 0) is 30.5 Å². The van der Waals surface area contributed by atoms with Crippen molar-refractivity contribution >= 4 is 23.4 Å². The van der Waals surface area contributed by atoms with Gasteiger partial charge in [-0.25, -0.2) is 0 Å². The largest absolute Gasteiger partial charge is 0.349 e. The monoisotopic (exact) mass is 322 g/mol. The second kappa shape index (κ2) is 7.14. The van der Waals surface area contributed by atoms with Gasteiger partial charge >= 0.3 is 0 Å². The number of benzene rings is 1. The number of nitrogens with zero attached hydrogens (tertiary/aromatic N) is 1. The highest BCUT2D eigenvalue weighted by Gasteiger charge is 2.34. The zero-order valence-electron chi connectivity index (χ0n) is 13.3. The molecular formula is C17H23ClN2O2. The number of nitrogens with one attached hydrogen (secondary N) is 1. The zero-order valence-corrected chi connectivity index (χ0v) is 14.1. The maximum absolute atomic E-state index is 12.5. The molecule has 1 aromatic rings. The first-order valence-corrected chi connectivity index (χ1v) is 8.13. The highest BCUT2D eigenvalue weighted by molar-refractivity contribution is 6.30. The van der Waals surface area contributed by atoms with E-state index in [1.807, 2.05) is 31.2 Å². The first-order chi connectivity index (χ1) is 10.4. The van der Waals surface area contributed by atoms with Crippen LogP contribution in [0, 0.1) is 11.8 Å². The Labute approximate surface area is 136 Å². The number of carbonyl (C=O) groups excluding carboxylic acids is 2. The molecule has 0 aromatic heterocycles. The number of amides is 2. The molecule has 2 rings (SSSR count). The third kappa shape index (κ3) is 3.80. The van der Waals surface area contributed by atoms with E-state index in [0.717, 1.165) is 5.56 Å². The summed E-state index contributed by atoms with van der Waals surface area (Å²) >= 11 is 5.92. The number of hydrogen-bond donors (Lipinski definition) is 1. The summed E-state index contributed by atoms with van der Waals surface area (Å²) in [7, 11) is 0. The third-order valence-corrected chi connectivity index (χ3v) is 4.41. The van der Waals surface area contributed by atoms with E-state index in [9.17, 15) is 9.59 Å². The Morgan fingerprint density at radius 1 is 1.36 bits per heavy atom. The molecule has 0 unspecified atom stereocenters. The molecule has 1 fully saturated rings. The van der Waals surface area contributed by atoms with Gasteiger partial charge in [-0.1, -0.05) is 37.6 Å². The van der Waals surface area contributed by atoms with Gasteiger partial charge in [-0.2, -0.15) is 0 Å². The zero-order chi connectivity index (χ0) is 16.3. The minimum Gasteiger partial charge on any atom is -0.349 e. The number of halogens is 1. The summed E-state index contributed by atoms with van der Waals surface area (Å²) in [6.07, 6.45) is 0.311. The number of carbonyl (C=O) groups is 2. The van der Waals surface area contributed by atoms with Gasteiger partial charge < -0.3 is 10.2 Å². The molecule has 4 nitrogen and oxygen atoms in total. The third-order valence-electron chi connectivity index (χ3n) is 4.16. The lowest BCUT2D eigenvalue weighted by Gasteiger charge is -2.24. The van der Waals surface area contributed by atoms with Crippen LogP contribution in [0.2, 0.25) is 5.02 Å². The minimum atomic E-state index is -0.249. The van der Waals surface area contributed by atoms with Crippen LogP contribution in [0.4, 0.5) is 0 Å². The van der Waals surface area contributed by atoms with Gasteiger partial charge in [0.05, 0.1) is 12.0 Å². The number of rotatable bonds is 5. The molecule has 1 heterocycles. The van der Waals surface area contributed by atoms with Crippen molar-refractivity contribution in [3.05, 3.63) is 34.9 Å². The highest BCUT2D eigenvalue weighted by atomic mass is 35.5. The Morgan fingerprint density at radius 3 is 2.50 bits per heavy atom. The second-order valence-electron chi connectivity index (χ2n) is 6.12. The van der Waals surface area contributed by atoms with Crippen molar-refractivity contribution in [1.82, 2.24) is 10.2 Å². The van der Waals surface area contributed by atoms with E-state index in [1.54, 1.807) is 4.90 Å². The Morgan fingerprint density at radius 2 is 2.00 bits per heavy atom. The van der Waals surface area contributed by atoms with Crippen LogP contribution in [0.5, 0.6) is 0 Å². The van der Waals surface area contributed by atoms with E-state index >= 15 is 0 Å². The van der Waals surface area contributed by atoms with Crippen molar-refractivity contribution in [2.45, 2.75) is 33.2 Å². The summed E-state index contributed by atoms with van der Waals surface area (Å²) in [6.45, 7) is 7.25. The standard InChI is InChI=1S/C17H23ClN2O2/c1-4-20-10-13(9-15(20)21)17(22)19-16(11(2)3)12-5-7-14(18)8-6-12/h5-8,11,13,16H,4,9-10H2,1-3H3,(H,19,22)/t13-,16-/m0/s1. The normalized spacial score (nSPS) is 19.6. The van der Waals surface area contributed by atoms with Crippen LogP contribution >= 0.6 is 11.6 Å². The molecule has 22 heavy (non-hydrogen) atoms. The maximum Gasteiger partial charge on any atom is 0.225 e. The van der Waals surface area contributed by atoms with Crippen molar-refractivity contribution in [3.8, 4) is 0 Å². The van der Waals surface area contributed by atoms with Gasteiger partial charge in [-0.15, -0.1) is 0 Å². The van der Waals surface area contributed by atoms with Crippen LogP contribution in [0.3, 0.4) is 0 Å². The van der Waals surface area contributed by atoms with Crippen LogP contribution in [0.1, 0.15) is 38.8 Å². The van der Waals surface area contributed by atoms with Crippen LogP contribution in [0.15, 0.2) is 24.3 Å². The van der Waals surface area contributed by atoms with Crippen molar-refractivity contribution in [2.24, 2.45) is 11.8 Å². The Bertz CT molecular complexity index is 542. The van der Waals surface area contributed by atoms with E-state index in [2.05, 4.69) is 19.2 Å². The van der Waals surface area contributed by atoms with Gasteiger partial charge in [0, 0.05) is 24.5 Å². The molecule has 1 aromatic carbocycles. The summed E-state index contributed by atoms with van der Waals surface area (Å²) in [5.74, 6) is 0.0266. The van der Waals surface area contributed by atoms with E-state index in [4.69, 9.17) is 11.6 Å². The van der Waals surface area contributed by atoms with Gasteiger partial charge in [0.25, 0.3) is 0 Å². The Balaban J connectivity index is 2.07. The lowest BCUT2D eigenvalue weighted by molar-refractivity contribution is -0.129. The average Bonchev–Trinajstić information content (AvgIpc) is 2.86. The Kier molecular flexibility index (Phi) is 5.46. The molecule has 2 atom stereocenters. The molecule has 0 spiro atoms. The minimum absolute atomic E-state index is 0.0436. The maximum atomic E-state index is 12.5. The molecule has 0 aliphatic carbocycles. The highest BCUT2D eigenvalue weighted by Crippen LogP contribution is 2.25.